The summed E-state index contributed by atoms with van der Waals surface area (Å²) in [5.74, 6) is 1.80. The third-order valence-electron chi connectivity index (χ3n) is 2.40. The molecule has 0 atom stereocenters. The standard InChI is InChI=1S/C15H14O/c1-3-13-6-4-5-7-14(13)9-11-15-10-8-12(2)16-15/h3-11H,1H2,2H3/b11-9+. The largest absolute Gasteiger partial charge is 0.462 e. The van der Waals surface area contributed by atoms with Crippen LogP contribution in [0.5, 0.6) is 0 Å². The fourth-order valence-electron chi connectivity index (χ4n) is 1.56. The SMILES string of the molecule is C=Cc1ccccc1/C=C/c1ccc(C)o1. The van der Waals surface area contributed by atoms with E-state index >= 15 is 0 Å². The molecule has 1 nitrogen and oxygen atoms in total. The molecule has 1 aromatic carbocycles. The number of rotatable bonds is 3. The maximum Gasteiger partial charge on any atom is 0.127 e. The average molecular weight is 210 g/mol. The van der Waals surface area contributed by atoms with E-state index in [0.717, 1.165) is 22.6 Å². The highest BCUT2D eigenvalue weighted by Gasteiger charge is 1.95. The van der Waals surface area contributed by atoms with Crippen molar-refractivity contribution in [2.45, 2.75) is 6.92 Å². The number of furan rings is 1. The molecule has 0 spiro atoms. The van der Waals surface area contributed by atoms with Crippen molar-refractivity contribution in [3.05, 3.63) is 65.6 Å². The summed E-state index contributed by atoms with van der Waals surface area (Å²) in [7, 11) is 0. The summed E-state index contributed by atoms with van der Waals surface area (Å²) in [5.41, 5.74) is 2.27. The molecule has 0 aliphatic heterocycles. The van der Waals surface area contributed by atoms with Gasteiger partial charge in [0, 0.05) is 0 Å². The molecule has 80 valence electrons. The molecule has 0 unspecified atom stereocenters. The van der Waals surface area contributed by atoms with Crippen molar-refractivity contribution in [2.24, 2.45) is 0 Å². The summed E-state index contributed by atoms with van der Waals surface area (Å²) in [6, 6.07) is 12.0. The van der Waals surface area contributed by atoms with Crippen LogP contribution >= 0.6 is 0 Å². The highest BCUT2D eigenvalue weighted by molar-refractivity contribution is 5.73. The molecule has 0 saturated heterocycles. The second-order valence-corrected chi connectivity index (χ2v) is 3.61. The Hall–Kier alpha value is -2.02. The summed E-state index contributed by atoms with van der Waals surface area (Å²) in [5, 5.41) is 0. The van der Waals surface area contributed by atoms with Gasteiger partial charge in [-0.1, -0.05) is 43.0 Å². The first-order valence-corrected chi connectivity index (χ1v) is 5.25. The molecule has 2 aromatic rings. The maximum absolute atomic E-state index is 5.47. The van der Waals surface area contributed by atoms with Crippen LogP contribution in [0.3, 0.4) is 0 Å². The summed E-state index contributed by atoms with van der Waals surface area (Å²) < 4.78 is 5.47. The molecule has 0 N–H and O–H groups in total. The minimum absolute atomic E-state index is 0.872. The molecule has 0 radical (unpaired) electrons. The van der Waals surface area contributed by atoms with Crippen molar-refractivity contribution in [3.63, 3.8) is 0 Å². The molecular weight excluding hydrogens is 196 g/mol. The van der Waals surface area contributed by atoms with E-state index in [-0.39, 0.29) is 0 Å². The lowest BCUT2D eigenvalue weighted by Gasteiger charge is -1.98. The molecule has 0 aliphatic rings. The molecule has 1 heterocycles. The molecule has 0 fully saturated rings. The van der Waals surface area contributed by atoms with Gasteiger partial charge in [0.15, 0.2) is 0 Å². The zero-order valence-electron chi connectivity index (χ0n) is 9.31. The number of hydrogen-bond acceptors (Lipinski definition) is 1. The first-order chi connectivity index (χ1) is 7.79. The van der Waals surface area contributed by atoms with Gasteiger partial charge < -0.3 is 4.42 Å². The topological polar surface area (TPSA) is 13.1 Å². The second-order valence-electron chi connectivity index (χ2n) is 3.61. The first kappa shape index (κ1) is 10.5. The second kappa shape index (κ2) is 4.67. The van der Waals surface area contributed by atoms with E-state index in [0.29, 0.717) is 0 Å². The van der Waals surface area contributed by atoms with Crippen molar-refractivity contribution in [1.82, 2.24) is 0 Å². The smallest absolute Gasteiger partial charge is 0.127 e. The lowest BCUT2D eigenvalue weighted by Crippen LogP contribution is -1.77. The predicted octanol–water partition coefficient (Wildman–Crippen LogP) is 4.40. The molecule has 1 aromatic heterocycles. The highest BCUT2D eigenvalue weighted by Crippen LogP contribution is 2.15. The van der Waals surface area contributed by atoms with Gasteiger partial charge in [-0.2, -0.15) is 0 Å². The fourth-order valence-corrected chi connectivity index (χ4v) is 1.56. The monoisotopic (exact) mass is 210 g/mol. The minimum atomic E-state index is 0.872. The number of benzene rings is 1. The molecule has 0 bridgehead atoms. The summed E-state index contributed by atoms with van der Waals surface area (Å²) in [6.45, 7) is 5.73. The van der Waals surface area contributed by atoms with Crippen molar-refractivity contribution >= 4 is 18.2 Å². The van der Waals surface area contributed by atoms with Crippen LogP contribution < -0.4 is 0 Å². The Balaban J connectivity index is 2.26. The van der Waals surface area contributed by atoms with Gasteiger partial charge in [0.25, 0.3) is 0 Å². The lowest BCUT2D eigenvalue weighted by atomic mass is 10.1. The van der Waals surface area contributed by atoms with Crippen LogP contribution in [0, 0.1) is 6.92 Å². The molecule has 0 amide bonds. The Kier molecular flexibility index (Phi) is 3.06. The van der Waals surface area contributed by atoms with E-state index in [4.69, 9.17) is 4.42 Å². The Bertz CT molecular complexity index is 518. The summed E-state index contributed by atoms with van der Waals surface area (Å²) in [4.78, 5) is 0. The maximum atomic E-state index is 5.47. The Morgan fingerprint density at radius 2 is 1.75 bits per heavy atom. The van der Waals surface area contributed by atoms with E-state index in [1.54, 1.807) is 0 Å². The van der Waals surface area contributed by atoms with E-state index in [2.05, 4.69) is 12.6 Å². The van der Waals surface area contributed by atoms with Crippen molar-refractivity contribution in [3.8, 4) is 0 Å². The third-order valence-corrected chi connectivity index (χ3v) is 2.40. The molecule has 1 heteroatoms. The number of hydrogen-bond donors (Lipinski definition) is 0. The summed E-state index contributed by atoms with van der Waals surface area (Å²) >= 11 is 0. The molecule has 0 aliphatic carbocycles. The van der Waals surface area contributed by atoms with E-state index < -0.39 is 0 Å². The number of aryl methyl sites for hydroxylation is 1. The van der Waals surface area contributed by atoms with Gasteiger partial charge in [0.1, 0.15) is 11.5 Å². The molecule has 0 saturated carbocycles. The van der Waals surface area contributed by atoms with Crippen molar-refractivity contribution in [2.75, 3.05) is 0 Å². The average Bonchev–Trinajstić information content (AvgIpc) is 2.73. The third kappa shape index (κ3) is 2.31. The Morgan fingerprint density at radius 1 is 1.00 bits per heavy atom. The van der Waals surface area contributed by atoms with Crippen LogP contribution in [0.4, 0.5) is 0 Å². The van der Waals surface area contributed by atoms with Crippen LogP contribution in [0.15, 0.2) is 47.4 Å². The molecule has 16 heavy (non-hydrogen) atoms. The molecular formula is C15H14O. The quantitative estimate of drug-likeness (QED) is 0.731. The van der Waals surface area contributed by atoms with Gasteiger partial charge in [-0.15, -0.1) is 0 Å². The van der Waals surface area contributed by atoms with E-state index in [1.165, 1.54) is 0 Å². The van der Waals surface area contributed by atoms with Gasteiger partial charge in [0.2, 0.25) is 0 Å². The van der Waals surface area contributed by atoms with Crippen LogP contribution in [0.25, 0.3) is 18.2 Å². The highest BCUT2D eigenvalue weighted by atomic mass is 16.3. The zero-order valence-corrected chi connectivity index (χ0v) is 9.31. The van der Waals surface area contributed by atoms with Gasteiger partial charge in [-0.25, -0.2) is 0 Å². The Labute approximate surface area is 95.7 Å². The predicted molar refractivity (Wildman–Crippen MR) is 68.9 cm³/mol. The zero-order chi connectivity index (χ0) is 11.4. The van der Waals surface area contributed by atoms with E-state index in [9.17, 15) is 0 Å². The summed E-state index contributed by atoms with van der Waals surface area (Å²) in [6.07, 6.45) is 5.86. The first-order valence-electron chi connectivity index (χ1n) is 5.25. The fraction of sp³-hybridized carbons (Fsp3) is 0.0667. The lowest BCUT2D eigenvalue weighted by molar-refractivity contribution is 0.525. The Morgan fingerprint density at radius 3 is 2.38 bits per heavy atom. The van der Waals surface area contributed by atoms with Crippen molar-refractivity contribution < 1.29 is 4.42 Å². The normalized spacial score (nSPS) is 10.8. The van der Waals surface area contributed by atoms with Gasteiger partial charge >= 0.3 is 0 Å². The van der Waals surface area contributed by atoms with Crippen LogP contribution in [0.2, 0.25) is 0 Å². The van der Waals surface area contributed by atoms with Crippen LogP contribution in [0.1, 0.15) is 22.6 Å². The van der Waals surface area contributed by atoms with Crippen LogP contribution in [-0.4, -0.2) is 0 Å². The van der Waals surface area contributed by atoms with E-state index in [1.807, 2.05) is 55.5 Å². The molecule has 2 rings (SSSR count). The minimum Gasteiger partial charge on any atom is -0.462 e. The van der Waals surface area contributed by atoms with Gasteiger partial charge in [-0.3, -0.25) is 0 Å². The van der Waals surface area contributed by atoms with Crippen molar-refractivity contribution in [1.29, 1.82) is 0 Å². The van der Waals surface area contributed by atoms with Gasteiger partial charge in [-0.05, 0) is 36.3 Å². The van der Waals surface area contributed by atoms with Gasteiger partial charge in [0.05, 0.1) is 0 Å². The van der Waals surface area contributed by atoms with Crippen LogP contribution in [-0.2, 0) is 0 Å².